The zero-order valence-electron chi connectivity index (χ0n) is 14.3. The van der Waals surface area contributed by atoms with Gasteiger partial charge in [-0.05, 0) is 65.1 Å². The van der Waals surface area contributed by atoms with Crippen molar-refractivity contribution in [2.24, 2.45) is 11.8 Å². The van der Waals surface area contributed by atoms with Gasteiger partial charge in [-0.2, -0.15) is 0 Å². The first-order chi connectivity index (χ1) is 9.78. The van der Waals surface area contributed by atoms with E-state index in [9.17, 15) is 4.79 Å². The molecule has 3 N–H and O–H groups in total. The first-order valence-electron chi connectivity index (χ1n) is 8.19. The number of hydrogen-bond donors (Lipinski definition) is 3. The van der Waals surface area contributed by atoms with Crippen LogP contribution in [0, 0.1) is 11.8 Å². The van der Waals surface area contributed by atoms with Gasteiger partial charge >= 0.3 is 6.09 Å². The Morgan fingerprint density at radius 3 is 2.43 bits per heavy atom. The molecule has 1 unspecified atom stereocenters. The van der Waals surface area contributed by atoms with E-state index in [1.165, 1.54) is 12.8 Å². The second kappa shape index (κ2) is 8.59. The summed E-state index contributed by atoms with van der Waals surface area (Å²) in [5, 5.41) is 9.87. The Bertz CT molecular complexity index is 307. The van der Waals surface area contributed by atoms with Crippen LogP contribution < -0.4 is 16.0 Å². The molecule has 5 nitrogen and oxygen atoms in total. The van der Waals surface area contributed by atoms with Gasteiger partial charge in [-0.1, -0.05) is 13.8 Å². The van der Waals surface area contributed by atoms with E-state index >= 15 is 0 Å². The van der Waals surface area contributed by atoms with Crippen molar-refractivity contribution in [1.82, 2.24) is 16.0 Å². The van der Waals surface area contributed by atoms with Gasteiger partial charge in [0.25, 0.3) is 0 Å². The largest absolute Gasteiger partial charge is 0.444 e. The molecule has 5 heteroatoms. The Hall–Kier alpha value is -0.810. The molecule has 0 aliphatic carbocycles. The molecule has 1 atom stereocenters. The molecule has 0 radical (unpaired) electrons. The average Bonchev–Trinajstić information content (AvgIpc) is 2.37. The number of rotatable bonds is 6. The maximum Gasteiger partial charge on any atom is 0.407 e. The predicted molar refractivity (Wildman–Crippen MR) is 86.5 cm³/mol. The first kappa shape index (κ1) is 18.2. The van der Waals surface area contributed by atoms with Crippen molar-refractivity contribution in [2.45, 2.75) is 59.1 Å². The second-order valence-corrected chi connectivity index (χ2v) is 7.33. The van der Waals surface area contributed by atoms with E-state index in [1.54, 1.807) is 0 Å². The molecule has 1 saturated heterocycles. The molecule has 1 aliphatic rings. The molecular formula is C16H33N3O2. The lowest BCUT2D eigenvalue weighted by molar-refractivity contribution is 0.0519. The van der Waals surface area contributed by atoms with Crippen molar-refractivity contribution in [1.29, 1.82) is 0 Å². The Morgan fingerprint density at radius 2 is 1.90 bits per heavy atom. The minimum atomic E-state index is -0.445. The molecule has 1 fully saturated rings. The maximum absolute atomic E-state index is 11.7. The minimum absolute atomic E-state index is 0.285. The standard InChI is InChI=1S/C16H33N3O2/c1-12(2)14(11-19-15(20)21-16(3,4)5)18-10-13-6-8-17-9-7-13/h12-14,17-18H,6-11H2,1-5H3,(H,19,20). The van der Waals surface area contributed by atoms with Crippen LogP contribution in [0.4, 0.5) is 4.79 Å². The summed E-state index contributed by atoms with van der Waals surface area (Å²) in [6.45, 7) is 13.9. The Balaban J connectivity index is 2.30. The van der Waals surface area contributed by atoms with Gasteiger partial charge in [0.15, 0.2) is 0 Å². The molecule has 21 heavy (non-hydrogen) atoms. The third kappa shape index (κ3) is 8.27. The summed E-state index contributed by atoms with van der Waals surface area (Å²) in [6, 6.07) is 0.285. The van der Waals surface area contributed by atoms with E-state index < -0.39 is 5.60 Å². The molecule has 0 aromatic carbocycles. The molecule has 1 heterocycles. The van der Waals surface area contributed by atoms with Crippen molar-refractivity contribution < 1.29 is 9.53 Å². The average molecular weight is 299 g/mol. The Labute approximate surface area is 129 Å². The van der Waals surface area contributed by atoms with E-state index in [4.69, 9.17) is 4.74 Å². The van der Waals surface area contributed by atoms with Gasteiger partial charge in [0.05, 0.1) is 0 Å². The van der Waals surface area contributed by atoms with Crippen molar-refractivity contribution in [3.63, 3.8) is 0 Å². The van der Waals surface area contributed by atoms with E-state index in [2.05, 4.69) is 29.8 Å². The zero-order valence-corrected chi connectivity index (χ0v) is 14.3. The van der Waals surface area contributed by atoms with Crippen molar-refractivity contribution in [3.8, 4) is 0 Å². The summed E-state index contributed by atoms with van der Waals surface area (Å²) in [5.41, 5.74) is -0.445. The summed E-state index contributed by atoms with van der Waals surface area (Å²) in [5.74, 6) is 1.22. The summed E-state index contributed by atoms with van der Waals surface area (Å²) >= 11 is 0. The van der Waals surface area contributed by atoms with Crippen molar-refractivity contribution >= 4 is 6.09 Å². The monoisotopic (exact) mass is 299 g/mol. The summed E-state index contributed by atoms with van der Waals surface area (Å²) in [6.07, 6.45) is 2.13. The normalized spacial score (nSPS) is 18.6. The van der Waals surface area contributed by atoms with Gasteiger partial charge in [-0.25, -0.2) is 4.79 Å². The van der Waals surface area contributed by atoms with Gasteiger partial charge in [-0.15, -0.1) is 0 Å². The van der Waals surface area contributed by atoms with Crippen LogP contribution in [0.3, 0.4) is 0 Å². The smallest absolute Gasteiger partial charge is 0.407 e. The number of amides is 1. The quantitative estimate of drug-likeness (QED) is 0.703. The van der Waals surface area contributed by atoms with Gasteiger partial charge in [-0.3, -0.25) is 0 Å². The number of nitrogens with one attached hydrogen (secondary N) is 3. The van der Waals surface area contributed by atoms with Crippen LogP contribution in [0.1, 0.15) is 47.5 Å². The fourth-order valence-electron chi connectivity index (χ4n) is 2.45. The second-order valence-electron chi connectivity index (χ2n) is 7.33. The third-order valence-corrected chi connectivity index (χ3v) is 3.80. The lowest BCUT2D eigenvalue weighted by atomic mass is 9.96. The minimum Gasteiger partial charge on any atom is -0.444 e. The molecular weight excluding hydrogens is 266 g/mol. The molecule has 0 aromatic heterocycles. The van der Waals surface area contributed by atoms with E-state index in [-0.39, 0.29) is 12.1 Å². The molecule has 1 aliphatic heterocycles. The SMILES string of the molecule is CC(C)C(CNC(=O)OC(C)(C)C)NCC1CCNCC1. The van der Waals surface area contributed by atoms with Crippen LogP contribution in [0.5, 0.6) is 0 Å². The number of piperidine rings is 1. The molecule has 0 bridgehead atoms. The van der Waals surface area contributed by atoms with Crippen molar-refractivity contribution in [2.75, 3.05) is 26.2 Å². The lowest BCUT2D eigenvalue weighted by Crippen LogP contribution is -2.47. The fraction of sp³-hybridized carbons (Fsp3) is 0.938. The highest BCUT2D eigenvalue weighted by Gasteiger charge is 2.20. The molecule has 0 saturated carbocycles. The van der Waals surface area contributed by atoms with Crippen LogP contribution in [-0.4, -0.2) is 43.9 Å². The van der Waals surface area contributed by atoms with Gasteiger partial charge in [0, 0.05) is 12.6 Å². The molecule has 1 amide bonds. The van der Waals surface area contributed by atoms with E-state index in [1.807, 2.05) is 20.8 Å². The van der Waals surface area contributed by atoms with Crippen LogP contribution in [0.25, 0.3) is 0 Å². The van der Waals surface area contributed by atoms with E-state index in [0.29, 0.717) is 12.5 Å². The number of hydrogen-bond acceptors (Lipinski definition) is 4. The summed E-state index contributed by atoms with van der Waals surface area (Å²) in [4.78, 5) is 11.7. The first-order valence-corrected chi connectivity index (χ1v) is 8.19. The van der Waals surface area contributed by atoms with Crippen LogP contribution >= 0.6 is 0 Å². The van der Waals surface area contributed by atoms with Crippen LogP contribution in [-0.2, 0) is 4.74 Å². The number of carbonyl (C=O) groups is 1. The molecule has 124 valence electrons. The van der Waals surface area contributed by atoms with Crippen molar-refractivity contribution in [3.05, 3.63) is 0 Å². The molecule has 0 spiro atoms. The summed E-state index contributed by atoms with van der Waals surface area (Å²) < 4.78 is 5.28. The Kier molecular flexibility index (Phi) is 7.46. The maximum atomic E-state index is 11.7. The third-order valence-electron chi connectivity index (χ3n) is 3.80. The van der Waals surface area contributed by atoms with Crippen LogP contribution in [0.2, 0.25) is 0 Å². The Morgan fingerprint density at radius 1 is 1.29 bits per heavy atom. The summed E-state index contributed by atoms with van der Waals surface area (Å²) in [7, 11) is 0. The number of ether oxygens (including phenoxy) is 1. The van der Waals surface area contributed by atoms with Gasteiger partial charge < -0.3 is 20.7 Å². The van der Waals surface area contributed by atoms with Gasteiger partial charge in [0.2, 0.25) is 0 Å². The number of alkyl carbamates (subject to hydrolysis) is 1. The highest BCUT2D eigenvalue weighted by Crippen LogP contribution is 2.11. The lowest BCUT2D eigenvalue weighted by Gasteiger charge is -2.28. The van der Waals surface area contributed by atoms with Crippen LogP contribution in [0.15, 0.2) is 0 Å². The highest BCUT2D eigenvalue weighted by atomic mass is 16.6. The fourth-order valence-corrected chi connectivity index (χ4v) is 2.45. The zero-order chi connectivity index (χ0) is 15.9. The van der Waals surface area contributed by atoms with Gasteiger partial charge in [0.1, 0.15) is 5.60 Å². The topological polar surface area (TPSA) is 62.4 Å². The highest BCUT2D eigenvalue weighted by molar-refractivity contribution is 5.67. The predicted octanol–water partition coefficient (Wildman–Crippen LogP) is 2.12. The number of carbonyl (C=O) groups excluding carboxylic acids is 1. The molecule has 0 aromatic rings. The molecule has 1 rings (SSSR count). The van der Waals surface area contributed by atoms with E-state index in [0.717, 1.165) is 25.6 Å².